The summed E-state index contributed by atoms with van der Waals surface area (Å²) in [6, 6.07) is 1.90. The van der Waals surface area contributed by atoms with E-state index in [1.807, 2.05) is 14.0 Å². The fraction of sp³-hybridized carbons (Fsp3) is 0.600. The molecule has 0 radical (unpaired) electrons. The van der Waals surface area contributed by atoms with Crippen LogP contribution in [0.5, 0.6) is 0 Å². The highest BCUT2D eigenvalue weighted by molar-refractivity contribution is 5.87. The van der Waals surface area contributed by atoms with Gasteiger partial charge in [-0.2, -0.15) is 5.10 Å². The van der Waals surface area contributed by atoms with Crippen LogP contribution in [0.2, 0.25) is 0 Å². The minimum atomic E-state index is -0.405. The van der Waals surface area contributed by atoms with Crippen molar-refractivity contribution in [1.29, 1.82) is 0 Å². The van der Waals surface area contributed by atoms with E-state index in [0.29, 0.717) is 5.69 Å². The Morgan fingerprint density at radius 2 is 2.40 bits per heavy atom. The van der Waals surface area contributed by atoms with Gasteiger partial charge in [0.2, 0.25) is 0 Å². The first-order chi connectivity index (χ1) is 7.04. The summed E-state index contributed by atoms with van der Waals surface area (Å²) in [6.45, 7) is 1.96. The lowest BCUT2D eigenvalue weighted by molar-refractivity contribution is 0.0593. The molecule has 0 aliphatic carbocycles. The van der Waals surface area contributed by atoms with Crippen LogP contribution >= 0.6 is 0 Å². The molecule has 0 saturated heterocycles. The molecule has 15 heavy (non-hydrogen) atoms. The fourth-order valence-corrected chi connectivity index (χ4v) is 1.32. The van der Waals surface area contributed by atoms with Crippen LogP contribution in [0.15, 0.2) is 6.07 Å². The highest BCUT2D eigenvalue weighted by Gasteiger charge is 2.12. The molecule has 5 nitrogen and oxygen atoms in total. The monoisotopic (exact) mass is 211 g/mol. The summed E-state index contributed by atoms with van der Waals surface area (Å²) in [5, 5.41) is 4.06. The Bertz CT molecular complexity index is 344. The molecule has 1 rings (SSSR count). The largest absolute Gasteiger partial charge is 0.464 e. The average Bonchev–Trinajstić information content (AvgIpc) is 2.55. The van der Waals surface area contributed by atoms with Crippen LogP contribution in [0, 0.1) is 0 Å². The molecule has 0 aromatic carbocycles. The topological polar surface area (TPSA) is 70.1 Å². The molecule has 84 valence electrons. The molecule has 1 aromatic rings. The van der Waals surface area contributed by atoms with E-state index in [0.717, 1.165) is 18.5 Å². The number of aryl methyl sites for hydroxylation is 2. The van der Waals surface area contributed by atoms with Crippen molar-refractivity contribution < 1.29 is 9.53 Å². The van der Waals surface area contributed by atoms with E-state index in [4.69, 9.17) is 5.73 Å². The quantitative estimate of drug-likeness (QED) is 0.736. The summed E-state index contributed by atoms with van der Waals surface area (Å²) in [5.41, 5.74) is 7.00. The lowest BCUT2D eigenvalue weighted by Gasteiger charge is -2.04. The first-order valence-electron chi connectivity index (χ1n) is 4.91. The van der Waals surface area contributed by atoms with Crippen molar-refractivity contribution in [3.63, 3.8) is 0 Å². The molecular weight excluding hydrogens is 194 g/mol. The molecule has 0 saturated carbocycles. The van der Waals surface area contributed by atoms with Gasteiger partial charge in [0.05, 0.1) is 7.11 Å². The zero-order valence-corrected chi connectivity index (χ0v) is 9.36. The summed E-state index contributed by atoms with van der Waals surface area (Å²) in [5.74, 6) is -0.405. The minimum absolute atomic E-state index is 0.154. The predicted octanol–water partition coefficient (Wildman–Crippen LogP) is 0.486. The maximum atomic E-state index is 11.2. The van der Waals surface area contributed by atoms with Crippen molar-refractivity contribution >= 4 is 5.97 Å². The van der Waals surface area contributed by atoms with Gasteiger partial charge in [0.25, 0.3) is 0 Å². The number of esters is 1. The Morgan fingerprint density at radius 3 is 2.93 bits per heavy atom. The second kappa shape index (κ2) is 4.93. The number of carbonyl (C=O) groups is 1. The average molecular weight is 211 g/mol. The first-order valence-corrected chi connectivity index (χ1v) is 4.91. The molecule has 0 fully saturated rings. The maximum absolute atomic E-state index is 11.2. The highest BCUT2D eigenvalue weighted by atomic mass is 16.5. The number of aromatic nitrogens is 2. The standard InChI is InChI=1S/C10H17N3O2/c1-7(11)4-5-8-6-9(10(14)15-3)12-13(8)2/h6-7H,4-5,11H2,1-3H3/t7-/m0/s1. The van der Waals surface area contributed by atoms with E-state index >= 15 is 0 Å². The lowest BCUT2D eigenvalue weighted by atomic mass is 10.1. The molecule has 0 unspecified atom stereocenters. The zero-order chi connectivity index (χ0) is 11.4. The molecule has 2 N–H and O–H groups in total. The number of methoxy groups -OCH3 is 1. The van der Waals surface area contributed by atoms with Crippen LogP contribution in [-0.4, -0.2) is 28.9 Å². The summed E-state index contributed by atoms with van der Waals surface area (Å²) < 4.78 is 6.28. The summed E-state index contributed by atoms with van der Waals surface area (Å²) in [6.07, 6.45) is 1.69. The fourth-order valence-electron chi connectivity index (χ4n) is 1.32. The van der Waals surface area contributed by atoms with Gasteiger partial charge in [0, 0.05) is 18.8 Å². The van der Waals surface area contributed by atoms with Crippen molar-refractivity contribution in [3.8, 4) is 0 Å². The first kappa shape index (κ1) is 11.7. The molecule has 0 aliphatic heterocycles. The van der Waals surface area contributed by atoms with Crippen molar-refractivity contribution in [1.82, 2.24) is 9.78 Å². The smallest absolute Gasteiger partial charge is 0.358 e. The lowest BCUT2D eigenvalue weighted by Crippen LogP contribution is -2.16. The van der Waals surface area contributed by atoms with Gasteiger partial charge < -0.3 is 10.5 Å². The van der Waals surface area contributed by atoms with Gasteiger partial charge in [-0.3, -0.25) is 4.68 Å². The zero-order valence-electron chi connectivity index (χ0n) is 9.36. The normalized spacial score (nSPS) is 12.5. The second-order valence-corrected chi connectivity index (χ2v) is 3.65. The van der Waals surface area contributed by atoms with Gasteiger partial charge in [0.15, 0.2) is 5.69 Å². The van der Waals surface area contributed by atoms with Crippen LogP contribution < -0.4 is 5.73 Å². The molecular formula is C10H17N3O2. The molecule has 0 amide bonds. The molecule has 5 heteroatoms. The molecule has 0 spiro atoms. The van der Waals surface area contributed by atoms with Crippen LogP contribution in [0.4, 0.5) is 0 Å². The van der Waals surface area contributed by atoms with Gasteiger partial charge in [-0.15, -0.1) is 0 Å². The van der Waals surface area contributed by atoms with E-state index < -0.39 is 5.97 Å². The Morgan fingerprint density at radius 1 is 1.73 bits per heavy atom. The number of hydrogen-bond acceptors (Lipinski definition) is 4. The number of hydrogen-bond donors (Lipinski definition) is 1. The van der Waals surface area contributed by atoms with Gasteiger partial charge in [-0.1, -0.05) is 0 Å². The van der Waals surface area contributed by atoms with Gasteiger partial charge in [-0.05, 0) is 25.8 Å². The molecule has 0 aliphatic rings. The van der Waals surface area contributed by atoms with Crippen LogP contribution in [0.1, 0.15) is 29.5 Å². The molecule has 1 aromatic heterocycles. The summed E-state index contributed by atoms with van der Waals surface area (Å²) in [4.78, 5) is 11.2. The number of ether oxygens (including phenoxy) is 1. The highest BCUT2D eigenvalue weighted by Crippen LogP contribution is 2.07. The molecule has 1 atom stereocenters. The van der Waals surface area contributed by atoms with Crippen molar-refractivity contribution in [2.75, 3.05) is 7.11 Å². The van der Waals surface area contributed by atoms with Crippen LogP contribution in [-0.2, 0) is 18.2 Å². The summed E-state index contributed by atoms with van der Waals surface area (Å²) >= 11 is 0. The van der Waals surface area contributed by atoms with E-state index in [2.05, 4.69) is 9.84 Å². The maximum Gasteiger partial charge on any atom is 0.358 e. The van der Waals surface area contributed by atoms with Crippen molar-refractivity contribution in [2.24, 2.45) is 12.8 Å². The van der Waals surface area contributed by atoms with E-state index in [1.165, 1.54) is 7.11 Å². The Labute approximate surface area is 89.2 Å². The van der Waals surface area contributed by atoms with E-state index in [1.54, 1.807) is 10.7 Å². The summed E-state index contributed by atoms with van der Waals surface area (Å²) in [7, 11) is 3.15. The number of carbonyl (C=O) groups excluding carboxylic acids is 1. The van der Waals surface area contributed by atoms with Crippen molar-refractivity contribution in [3.05, 3.63) is 17.5 Å². The SMILES string of the molecule is COC(=O)c1cc(CC[C@H](C)N)n(C)n1. The van der Waals surface area contributed by atoms with Crippen LogP contribution in [0.3, 0.4) is 0 Å². The number of rotatable bonds is 4. The minimum Gasteiger partial charge on any atom is -0.464 e. The van der Waals surface area contributed by atoms with Gasteiger partial charge >= 0.3 is 5.97 Å². The Kier molecular flexibility index (Phi) is 3.85. The Hall–Kier alpha value is -1.36. The number of nitrogens with two attached hydrogens (primary N) is 1. The van der Waals surface area contributed by atoms with Crippen molar-refractivity contribution in [2.45, 2.75) is 25.8 Å². The number of nitrogens with zero attached hydrogens (tertiary/aromatic N) is 2. The predicted molar refractivity (Wildman–Crippen MR) is 56.5 cm³/mol. The van der Waals surface area contributed by atoms with Crippen LogP contribution in [0.25, 0.3) is 0 Å². The van der Waals surface area contributed by atoms with E-state index in [9.17, 15) is 4.79 Å². The molecule has 0 bridgehead atoms. The van der Waals surface area contributed by atoms with Gasteiger partial charge in [0.1, 0.15) is 0 Å². The van der Waals surface area contributed by atoms with E-state index in [-0.39, 0.29) is 6.04 Å². The third kappa shape index (κ3) is 3.06. The Balaban J connectivity index is 2.73. The third-order valence-electron chi connectivity index (χ3n) is 2.23. The third-order valence-corrected chi connectivity index (χ3v) is 2.23. The molecule has 1 heterocycles. The van der Waals surface area contributed by atoms with Gasteiger partial charge in [-0.25, -0.2) is 4.79 Å². The second-order valence-electron chi connectivity index (χ2n) is 3.65.